The number of hydrogen-bond donors (Lipinski definition) is 0. The first-order chi connectivity index (χ1) is 15.7. The summed E-state index contributed by atoms with van der Waals surface area (Å²) in [6, 6.07) is 27.2. The Bertz CT molecular complexity index is 1430. The number of rotatable bonds is 3. The predicted octanol–water partition coefficient (Wildman–Crippen LogP) is 4.88. The van der Waals surface area contributed by atoms with Gasteiger partial charge in [-0.15, -0.1) is 11.8 Å². The summed E-state index contributed by atoms with van der Waals surface area (Å²) in [6.45, 7) is 0. The highest BCUT2D eigenvalue weighted by Gasteiger charge is 2.64. The Balaban J connectivity index is 1.69. The number of methoxy groups -OCH3 is 1. The van der Waals surface area contributed by atoms with E-state index < -0.39 is 16.6 Å². The minimum atomic E-state index is -0.855. The summed E-state index contributed by atoms with van der Waals surface area (Å²) in [6.07, 6.45) is 0. The first-order valence-corrected chi connectivity index (χ1v) is 11.1. The van der Waals surface area contributed by atoms with E-state index in [-0.39, 0.29) is 5.91 Å². The predicted molar refractivity (Wildman–Crippen MR) is 124 cm³/mol. The van der Waals surface area contributed by atoms with Crippen LogP contribution in [-0.2, 0) is 14.3 Å². The van der Waals surface area contributed by atoms with Gasteiger partial charge in [-0.3, -0.25) is 9.36 Å². The highest BCUT2D eigenvalue weighted by molar-refractivity contribution is 8.09. The molecule has 1 unspecified atom stereocenters. The largest absolute Gasteiger partial charge is 0.466 e. The third-order valence-electron chi connectivity index (χ3n) is 6.21. The van der Waals surface area contributed by atoms with Gasteiger partial charge in [-0.25, -0.2) is 9.78 Å². The quantitative estimate of drug-likeness (QED) is 0.427. The zero-order valence-corrected chi connectivity index (χ0v) is 18.0. The Morgan fingerprint density at radius 3 is 2.34 bits per heavy atom. The third-order valence-corrected chi connectivity index (χ3v) is 7.84. The number of benzene rings is 3. The fourth-order valence-electron chi connectivity index (χ4n) is 4.87. The van der Waals surface area contributed by atoms with Crippen LogP contribution in [-0.4, -0.2) is 28.5 Å². The van der Waals surface area contributed by atoms with Gasteiger partial charge in [0.1, 0.15) is 10.6 Å². The summed E-state index contributed by atoms with van der Waals surface area (Å²) in [4.78, 5) is 32.8. The second kappa shape index (κ2) is 6.93. The molecule has 32 heavy (non-hydrogen) atoms. The molecule has 2 atom stereocenters. The van der Waals surface area contributed by atoms with Crippen molar-refractivity contribution >= 4 is 39.6 Å². The van der Waals surface area contributed by atoms with Gasteiger partial charge < -0.3 is 4.74 Å². The topological polar surface area (TPSA) is 61.2 Å². The minimum Gasteiger partial charge on any atom is -0.466 e. The normalized spacial score (nSPS) is 21.7. The molecule has 1 aromatic heterocycles. The van der Waals surface area contributed by atoms with Gasteiger partial charge >= 0.3 is 5.97 Å². The first kappa shape index (κ1) is 19.1. The molecule has 0 aliphatic carbocycles. The number of carbonyl (C=O) groups is 2. The Morgan fingerprint density at radius 2 is 1.62 bits per heavy atom. The number of carbonyl (C=O) groups excluding carboxylic acids is 2. The van der Waals surface area contributed by atoms with Gasteiger partial charge in [0.15, 0.2) is 0 Å². The van der Waals surface area contributed by atoms with E-state index in [1.165, 1.54) is 18.9 Å². The molecule has 5 nitrogen and oxygen atoms in total. The van der Waals surface area contributed by atoms with Crippen LogP contribution in [0.3, 0.4) is 0 Å². The zero-order valence-electron chi connectivity index (χ0n) is 17.2. The second-order valence-electron chi connectivity index (χ2n) is 7.83. The Morgan fingerprint density at radius 1 is 0.969 bits per heavy atom. The number of ether oxygens (including phenoxy) is 1. The Kier molecular flexibility index (Phi) is 4.13. The molecule has 4 aromatic rings. The summed E-state index contributed by atoms with van der Waals surface area (Å²) < 4.78 is 6.02. The average Bonchev–Trinajstić information content (AvgIpc) is 3.48. The highest BCUT2D eigenvalue weighted by Crippen LogP contribution is 2.65. The van der Waals surface area contributed by atoms with Gasteiger partial charge in [0.05, 0.1) is 29.6 Å². The highest BCUT2D eigenvalue weighted by atomic mass is 32.2. The molecule has 156 valence electrons. The van der Waals surface area contributed by atoms with E-state index in [9.17, 15) is 9.59 Å². The molecule has 0 saturated carbocycles. The van der Waals surface area contributed by atoms with Gasteiger partial charge in [-0.05, 0) is 23.3 Å². The molecule has 6 rings (SSSR count). The lowest BCUT2D eigenvalue weighted by Gasteiger charge is -2.27. The van der Waals surface area contributed by atoms with Crippen molar-refractivity contribution in [3.05, 3.63) is 107 Å². The Labute approximate surface area is 188 Å². The molecular formula is C26H18N2O3S. The molecule has 0 saturated heterocycles. The van der Waals surface area contributed by atoms with Crippen LogP contribution in [0.4, 0.5) is 0 Å². The summed E-state index contributed by atoms with van der Waals surface area (Å²) in [5, 5.41) is 0. The summed E-state index contributed by atoms with van der Waals surface area (Å²) in [5.74, 6) is -0.721. The van der Waals surface area contributed by atoms with Gasteiger partial charge in [0.25, 0.3) is 0 Å². The fraction of sp³-hybridized carbons (Fsp3) is 0.115. The Hall–Kier alpha value is -3.64. The molecule has 3 heterocycles. The van der Waals surface area contributed by atoms with Crippen LogP contribution in [0, 0.1) is 5.92 Å². The molecule has 0 amide bonds. The zero-order chi connectivity index (χ0) is 21.9. The van der Waals surface area contributed by atoms with Crippen LogP contribution in [0.15, 0.2) is 90.5 Å². The lowest BCUT2D eigenvalue weighted by Crippen LogP contribution is -2.32. The van der Waals surface area contributed by atoms with Crippen LogP contribution >= 0.6 is 11.8 Å². The van der Waals surface area contributed by atoms with Gasteiger partial charge in [-0.2, -0.15) is 0 Å². The van der Waals surface area contributed by atoms with Crippen molar-refractivity contribution in [2.75, 3.05) is 7.11 Å². The lowest BCUT2D eigenvalue weighted by atomic mass is 9.81. The number of nitrogens with zero attached hydrogens (tertiary/aromatic N) is 2. The molecular weight excluding hydrogens is 420 g/mol. The van der Waals surface area contributed by atoms with E-state index in [0.29, 0.717) is 11.4 Å². The molecule has 0 bridgehead atoms. The van der Waals surface area contributed by atoms with Crippen molar-refractivity contribution in [3.63, 3.8) is 0 Å². The number of thioether (sulfide) groups is 1. The minimum absolute atomic E-state index is 0.156. The van der Waals surface area contributed by atoms with Crippen molar-refractivity contribution in [3.8, 4) is 0 Å². The molecule has 0 fully saturated rings. The molecule has 0 N–H and O–H groups in total. The standard InChI is InChI=1S/C26H18N2O3S/c1-31-24(30)20-21-23(29)28-19-15-9-8-14-18(19)27-25(28)26(21,17-12-6-3-7-13-17)32-22(20)16-10-4-2-5-11-16/h2-15,21H,1H3/t21?,26-/m1/s1. The lowest BCUT2D eigenvalue weighted by molar-refractivity contribution is -0.136. The van der Waals surface area contributed by atoms with Crippen LogP contribution < -0.4 is 0 Å². The number of esters is 1. The monoisotopic (exact) mass is 438 g/mol. The average molecular weight is 439 g/mol. The van der Waals surface area contributed by atoms with E-state index in [1.54, 1.807) is 4.57 Å². The SMILES string of the molecule is COC(=O)C1=C(c2ccccc2)S[C@@]2(c3ccccc3)c3nc4ccccc4n3C(=O)C12. The molecule has 3 aromatic carbocycles. The van der Waals surface area contributed by atoms with Crippen LogP contribution in [0.5, 0.6) is 0 Å². The maximum absolute atomic E-state index is 14.0. The molecule has 2 aliphatic heterocycles. The number of aromatic nitrogens is 2. The fourth-order valence-corrected chi connectivity index (χ4v) is 6.58. The van der Waals surface area contributed by atoms with Crippen molar-refractivity contribution in [1.29, 1.82) is 0 Å². The molecule has 2 aliphatic rings. The van der Waals surface area contributed by atoms with Crippen molar-refractivity contribution in [2.24, 2.45) is 5.92 Å². The molecule has 0 radical (unpaired) electrons. The van der Waals surface area contributed by atoms with Gasteiger partial charge in [-0.1, -0.05) is 72.8 Å². The number of para-hydroxylation sites is 2. The van der Waals surface area contributed by atoms with E-state index in [0.717, 1.165) is 27.1 Å². The number of hydrogen-bond acceptors (Lipinski definition) is 5. The first-order valence-electron chi connectivity index (χ1n) is 10.3. The van der Waals surface area contributed by atoms with Gasteiger partial charge in [0, 0.05) is 4.91 Å². The van der Waals surface area contributed by atoms with Gasteiger partial charge in [0.2, 0.25) is 5.91 Å². The van der Waals surface area contributed by atoms with Crippen molar-refractivity contribution < 1.29 is 14.3 Å². The van der Waals surface area contributed by atoms with E-state index in [1.807, 2.05) is 84.9 Å². The van der Waals surface area contributed by atoms with E-state index in [4.69, 9.17) is 9.72 Å². The van der Waals surface area contributed by atoms with Crippen molar-refractivity contribution in [2.45, 2.75) is 4.75 Å². The summed E-state index contributed by atoms with van der Waals surface area (Å²) in [5.41, 5.74) is 3.73. The molecule has 6 heteroatoms. The summed E-state index contributed by atoms with van der Waals surface area (Å²) >= 11 is 1.52. The van der Waals surface area contributed by atoms with E-state index in [2.05, 4.69) is 0 Å². The maximum atomic E-state index is 14.0. The van der Waals surface area contributed by atoms with E-state index >= 15 is 0 Å². The van der Waals surface area contributed by atoms with Crippen LogP contribution in [0.25, 0.3) is 15.9 Å². The van der Waals surface area contributed by atoms with Crippen LogP contribution in [0.1, 0.15) is 21.7 Å². The smallest absolute Gasteiger partial charge is 0.335 e. The number of fused-ring (bicyclic) bond motifs is 5. The second-order valence-corrected chi connectivity index (χ2v) is 9.09. The third kappa shape index (κ3) is 2.38. The van der Waals surface area contributed by atoms with Crippen molar-refractivity contribution in [1.82, 2.24) is 9.55 Å². The summed E-state index contributed by atoms with van der Waals surface area (Å²) in [7, 11) is 1.36. The maximum Gasteiger partial charge on any atom is 0.335 e. The molecule has 0 spiro atoms. The van der Waals surface area contributed by atoms with Crippen LogP contribution in [0.2, 0.25) is 0 Å². The number of imidazole rings is 1.